The highest BCUT2D eigenvalue weighted by atomic mass is 32.2. The Bertz CT molecular complexity index is 670. The summed E-state index contributed by atoms with van der Waals surface area (Å²) in [6, 6.07) is 5.04. The zero-order chi connectivity index (χ0) is 20.0. The number of benzene rings is 1. The average Bonchev–Trinajstić information content (AvgIpc) is 2.87. The molecule has 0 spiro atoms. The summed E-state index contributed by atoms with van der Waals surface area (Å²) in [6.07, 6.45) is 3.88. The molecule has 0 aliphatic carbocycles. The second-order valence-corrected chi connectivity index (χ2v) is 8.38. The molecule has 1 aliphatic rings. The maximum atomic E-state index is 12.6. The van der Waals surface area contributed by atoms with Crippen molar-refractivity contribution in [2.45, 2.75) is 59.0 Å². The summed E-state index contributed by atoms with van der Waals surface area (Å²) >= 11 is 1.37. The van der Waals surface area contributed by atoms with Gasteiger partial charge in [-0.25, -0.2) is 13.4 Å². The maximum Gasteiger partial charge on any atom is 0.426 e. The molecule has 1 amide bonds. The normalized spacial score (nSPS) is 14.8. The molecule has 150 valence electrons. The highest BCUT2D eigenvalue weighted by Gasteiger charge is 2.41. The fraction of sp³-hybridized carbons (Fsp3) is 0.600. The number of rotatable bonds is 9. The van der Waals surface area contributed by atoms with E-state index in [0.717, 1.165) is 38.8 Å². The molecule has 1 aromatic carbocycles. The highest BCUT2D eigenvalue weighted by molar-refractivity contribution is 7.95. The van der Waals surface area contributed by atoms with Crippen LogP contribution in [0.4, 0.5) is 4.79 Å². The minimum atomic E-state index is -0.942. The summed E-state index contributed by atoms with van der Waals surface area (Å²) in [7, 11) is 1.69. The van der Waals surface area contributed by atoms with Crippen LogP contribution in [0, 0.1) is 0 Å². The molecule has 0 unspecified atom stereocenters. The second-order valence-electron chi connectivity index (χ2n) is 7.16. The number of ether oxygens (including phenoxy) is 2. The van der Waals surface area contributed by atoms with Crippen LogP contribution < -0.4 is 9.47 Å². The zero-order valence-corrected chi connectivity index (χ0v) is 17.7. The Morgan fingerprint density at radius 1 is 1.19 bits per heavy atom. The van der Waals surface area contributed by atoms with Gasteiger partial charge in [0.15, 0.2) is 17.1 Å². The van der Waals surface area contributed by atoms with E-state index in [-0.39, 0.29) is 11.5 Å². The Hall–Kier alpha value is -1.73. The van der Waals surface area contributed by atoms with Crippen LogP contribution in [-0.4, -0.2) is 46.2 Å². The first kappa shape index (κ1) is 21.6. The van der Waals surface area contributed by atoms with Gasteiger partial charge in [-0.1, -0.05) is 32.8 Å². The van der Waals surface area contributed by atoms with Gasteiger partial charge in [0.1, 0.15) is 0 Å². The molecule has 0 aromatic heterocycles. The number of carbonyl (C=O) groups excluding carboxylic acids is 2. The van der Waals surface area contributed by atoms with Crippen molar-refractivity contribution in [2.75, 3.05) is 20.1 Å². The number of amides is 1. The quantitative estimate of drug-likeness (QED) is 0.553. The number of ketones is 1. The van der Waals surface area contributed by atoms with E-state index < -0.39 is 11.7 Å². The van der Waals surface area contributed by atoms with Crippen molar-refractivity contribution in [3.63, 3.8) is 0 Å². The van der Waals surface area contributed by atoms with Crippen molar-refractivity contribution >= 4 is 24.0 Å². The standard InChI is InChI=1S/C20H30N2O4S/c1-6-8-13-22(14-9-7-2)27-21(5)19(24)25-16-12-10-11-15-17(16)26-20(3,4)18(15)23/h10-12H,6-9,13-14H2,1-5H3. The minimum Gasteiger partial charge on any atom is -0.475 e. The van der Waals surface area contributed by atoms with Crippen molar-refractivity contribution < 1.29 is 19.1 Å². The Labute approximate surface area is 166 Å². The number of hydrogen-bond acceptors (Lipinski definition) is 6. The first-order valence-electron chi connectivity index (χ1n) is 9.55. The van der Waals surface area contributed by atoms with E-state index in [0.29, 0.717) is 11.3 Å². The largest absolute Gasteiger partial charge is 0.475 e. The van der Waals surface area contributed by atoms with E-state index >= 15 is 0 Å². The third-order valence-electron chi connectivity index (χ3n) is 4.34. The van der Waals surface area contributed by atoms with Gasteiger partial charge in [-0.2, -0.15) is 0 Å². The third kappa shape index (κ3) is 5.39. The Kier molecular flexibility index (Phi) is 7.56. The smallest absolute Gasteiger partial charge is 0.426 e. The summed E-state index contributed by atoms with van der Waals surface area (Å²) in [6.45, 7) is 9.57. The van der Waals surface area contributed by atoms with Gasteiger partial charge in [-0.15, -0.1) is 0 Å². The molecule has 1 heterocycles. The fourth-order valence-corrected chi connectivity index (χ4v) is 3.61. The van der Waals surface area contributed by atoms with Gasteiger partial charge in [0.25, 0.3) is 0 Å². The first-order valence-corrected chi connectivity index (χ1v) is 10.3. The molecule has 0 saturated heterocycles. The van der Waals surface area contributed by atoms with Crippen LogP contribution in [0.3, 0.4) is 0 Å². The molecule has 27 heavy (non-hydrogen) atoms. The lowest BCUT2D eigenvalue weighted by molar-refractivity contribution is 0.0679. The van der Waals surface area contributed by atoms with E-state index in [4.69, 9.17) is 9.47 Å². The predicted molar refractivity (Wildman–Crippen MR) is 108 cm³/mol. The van der Waals surface area contributed by atoms with Crippen molar-refractivity contribution in [3.05, 3.63) is 23.8 Å². The molecule has 0 radical (unpaired) electrons. The van der Waals surface area contributed by atoms with Gasteiger partial charge in [0.05, 0.1) is 5.56 Å². The van der Waals surface area contributed by atoms with Crippen LogP contribution in [0.25, 0.3) is 0 Å². The molecule has 0 fully saturated rings. The van der Waals surface area contributed by atoms with Gasteiger partial charge in [-0.3, -0.25) is 4.79 Å². The Balaban J connectivity index is 2.04. The Morgan fingerprint density at radius 3 is 2.41 bits per heavy atom. The van der Waals surface area contributed by atoms with Crippen molar-refractivity contribution in [2.24, 2.45) is 0 Å². The predicted octanol–water partition coefficient (Wildman–Crippen LogP) is 4.94. The summed E-state index contributed by atoms with van der Waals surface area (Å²) in [5, 5.41) is 0. The summed E-state index contributed by atoms with van der Waals surface area (Å²) in [5.41, 5.74) is -0.490. The molecule has 7 heteroatoms. The lowest BCUT2D eigenvalue weighted by atomic mass is 10.00. The fourth-order valence-electron chi connectivity index (χ4n) is 2.73. The molecule has 6 nitrogen and oxygen atoms in total. The van der Waals surface area contributed by atoms with Gasteiger partial charge < -0.3 is 9.47 Å². The number of para-hydroxylation sites is 1. The van der Waals surface area contributed by atoms with Crippen LogP contribution in [0.5, 0.6) is 11.5 Å². The number of nitrogens with zero attached hydrogens (tertiary/aromatic N) is 2. The molecule has 1 aliphatic heterocycles. The van der Waals surface area contributed by atoms with E-state index in [1.807, 2.05) is 0 Å². The van der Waals surface area contributed by atoms with E-state index in [1.165, 1.54) is 16.4 Å². The van der Waals surface area contributed by atoms with Gasteiger partial charge in [0.2, 0.25) is 5.78 Å². The van der Waals surface area contributed by atoms with Crippen molar-refractivity contribution in [3.8, 4) is 11.5 Å². The monoisotopic (exact) mass is 394 g/mol. The SMILES string of the molecule is CCCCN(CCCC)SN(C)C(=O)Oc1cccc2c1OC(C)(C)C2=O. The molecule has 1 aromatic rings. The molecular formula is C20H30N2O4S. The van der Waals surface area contributed by atoms with Crippen LogP contribution in [-0.2, 0) is 0 Å². The molecular weight excluding hydrogens is 364 g/mol. The van der Waals surface area contributed by atoms with E-state index in [1.54, 1.807) is 39.1 Å². The van der Waals surface area contributed by atoms with Crippen LogP contribution in [0.15, 0.2) is 18.2 Å². The molecule has 0 saturated carbocycles. The number of fused-ring (bicyclic) bond motifs is 1. The topological polar surface area (TPSA) is 59.1 Å². The molecule has 2 rings (SSSR count). The first-order chi connectivity index (χ1) is 12.8. The van der Waals surface area contributed by atoms with Crippen molar-refractivity contribution in [1.82, 2.24) is 8.61 Å². The lowest BCUT2D eigenvalue weighted by Crippen LogP contribution is -2.32. The van der Waals surface area contributed by atoms with Gasteiger partial charge in [-0.05, 0) is 38.8 Å². The average molecular weight is 395 g/mol. The third-order valence-corrected chi connectivity index (χ3v) is 5.33. The summed E-state index contributed by atoms with van der Waals surface area (Å²) < 4.78 is 14.9. The van der Waals surface area contributed by atoms with Crippen LogP contribution in [0.2, 0.25) is 0 Å². The van der Waals surface area contributed by atoms with Crippen LogP contribution >= 0.6 is 12.1 Å². The van der Waals surface area contributed by atoms with Crippen molar-refractivity contribution in [1.29, 1.82) is 0 Å². The number of Topliss-reactive ketones (excluding diaryl/α,β-unsaturated/α-hetero) is 1. The lowest BCUT2D eigenvalue weighted by Gasteiger charge is -2.25. The highest BCUT2D eigenvalue weighted by Crippen LogP contribution is 2.42. The number of unbranched alkanes of at least 4 members (excludes halogenated alkanes) is 2. The van der Waals surface area contributed by atoms with Gasteiger partial charge in [0, 0.05) is 32.3 Å². The Morgan fingerprint density at radius 2 is 1.81 bits per heavy atom. The van der Waals surface area contributed by atoms with Crippen LogP contribution in [0.1, 0.15) is 63.7 Å². The van der Waals surface area contributed by atoms with E-state index in [2.05, 4.69) is 18.2 Å². The second kappa shape index (κ2) is 9.46. The molecule has 0 atom stereocenters. The summed E-state index contributed by atoms with van der Waals surface area (Å²) in [5.74, 6) is 0.508. The maximum absolute atomic E-state index is 12.6. The minimum absolute atomic E-state index is 0.108. The number of hydrogen-bond donors (Lipinski definition) is 0. The zero-order valence-electron chi connectivity index (χ0n) is 16.9. The van der Waals surface area contributed by atoms with E-state index in [9.17, 15) is 9.59 Å². The van der Waals surface area contributed by atoms with Gasteiger partial charge >= 0.3 is 6.09 Å². The number of carbonyl (C=O) groups is 2. The molecule has 0 N–H and O–H groups in total. The summed E-state index contributed by atoms with van der Waals surface area (Å²) in [4.78, 5) is 24.9. The molecule has 0 bridgehead atoms.